The Labute approximate surface area is 221 Å². The summed E-state index contributed by atoms with van der Waals surface area (Å²) < 4.78 is 21.2. The van der Waals surface area contributed by atoms with Gasteiger partial charge in [-0.3, -0.25) is 9.80 Å². The average Bonchev–Trinajstić information content (AvgIpc) is 2.88. The third-order valence-electron chi connectivity index (χ3n) is 7.36. The molecule has 0 unspecified atom stereocenters. The van der Waals surface area contributed by atoms with Crippen molar-refractivity contribution in [2.45, 2.75) is 32.4 Å². The van der Waals surface area contributed by atoms with Crippen molar-refractivity contribution in [3.8, 4) is 0 Å². The Morgan fingerprint density at radius 1 is 0.838 bits per heavy atom. The summed E-state index contributed by atoms with van der Waals surface area (Å²) in [7, 11) is -4.31. The highest BCUT2D eigenvalue weighted by atomic mass is 28.4. The zero-order valence-corrected chi connectivity index (χ0v) is 23.1. The molecule has 0 saturated carbocycles. The molecular formula is C29H38BFN2O3Si. The van der Waals surface area contributed by atoms with Crippen LogP contribution < -0.4 is 15.8 Å². The Hall–Kier alpha value is -2.33. The number of halogens is 1. The molecule has 0 spiro atoms. The van der Waals surface area contributed by atoms with E-state index in [0.717, 1.165) is 38.3 Å². The molecular weight excluding hydrogens is 482 g/mol. The lowest BCUT2D eigenvalue weighted by molar-refractivity contribution is 0.111. The van der Waals surface area contributed by atoms with Crippen molar-refractivity contribution in [2.24, 2.45) is 0 Å². The van der Waals surface area contributed by atoms with Crippen LogP contribution in [0.2, 0.25) is 5.04 Å². The largest absolute Gasteiger partial charge is 0.491 e. The van der Waals surface area contributed by atoms with E-state index in [1.54, 1.807) is 6.07 Å². The van der Waals surface area contributed by atoms with Crippen LogP contribution in [0.4, 0.5) is 4.39 Å². The van der Waals surface area contributed by atoms with E-state index in [2.05, 4.69) is 91.2 Å². The van der Waals surface area contributed by atoms with Gasteiger partial charge in [0.15, 0.2) is 0 Å². The van der Waals surface area contributed by atoms with Gasteiger partial charge in [0.05, 0.1) is 0 Å². The summed E-state index contributed by atoms with van der Waals surface area (Å²) in [5.41, 5.74) is 0.750. The molecule has 196 valence electrons. The Morgan fingerprint density at radius 2 is 1.38 bits per heavy atom. The third kappa shape index (κ3) is 6.40. The second kappa shape index (κ2) is 12.0. The van der Waals surface area contributed by atoms with Crippen molar-refractivity contribution in [3.05, 3.63) is 90.2 Å². The summed E-state index contributed by atoms with van der Waals surface area (Å²) in [5.74, 6) is -0.577. The van der Waals surface area contributed by atoms with Crippen molar-refractivity contribution in [2.75, 3.05) is 39.3 Å². The summed E-state index contributed by atoms with van der Waals surface area (Å²) in [4.78, 5) is 4.75. The summed E-state index contributed by atoms with van der Waals surface area (Å²) in [5, 5.41) is 21.0. The fraction of sp³-hybridized carbons (Fsp3) is 0.379. The molecule has 3 aromatic carbocycles. The van der Waals surface area contributed by atoms with E-state index in [9.17, 15) is 14.4 Å². The zero-order valence-electron chi connectivity index (χ0n) is 22.1. The summed E-state index contributed by atoms with van der Waals surface area (Å²) in [6.07, 6.45) is 0. The zero-order chi connectivity index (χ0) is 26.5. The van der Waals surface area contributed by atoms with Crippen LogP contribution in [0.5, 0.6) is 0 Å². The maximum Gasteiger partial charge on any atom is 0.491 e. The van der Waals surface area contributed by atoms with Crippen molar-refractivity contribution >= 4 is 31.3 Å². The monoisotopic (exact) mass is 520 g/mol. The lowest BCUT2D eigenvalue weighted by Gasteiger charge is -2.43. The molecule has 4 rings (SSSR count). The summed E-state index contributed by atoms with van der Waals surface area (Å²) in [6, 6.07) is 26.1. The number of hydrogen-bond donors (Lipinski definition) is 2. The van der Waals surface area contributed by atoms with Crippen LogP contribution in [0.1, 0.15) is 26.3 Å². The quantitative estimate of drug-likeness (QED) is 0.424. The van der Waals surface area contributed by atoms with E-state index in [-0.39, 0.29) is 10.5 Å². The van der Waals surface area contributed by atoms with Gasteiger partial charge in [0, 0.05) is 51.3 Å². The van der Waals surface area contributed by atoms with Crippen molar-refractivity contribution in [3.63, 3.8) is 0 Å². The predicted octanol–water partition coefficient (Wildman–Crippen LogP) is 2.20. The average molecular weight is 521 g/mol. The Kier molecular flexibility index (Phi) is 9.00. The van der Waals surface area contributed by atoms with Gasteiger partial charge in [0.2, 0.25) is 0 Å². The number of rotatable bonds is 9. The molecule has 5 nitrogen and oxygen atoms in total. The molecule has 0 bridgehead atoms. The number of hydrogen-bond acceptors (Lipinski definition) is 5. The molecule has 8 heteroatoms. The molecule has 0 amide bonds. The molecule has 0 aromatic heterocycles. The molecule has 37 heavy (non-hydrogen) atoms. The van der Waals surface area contributed by atoms with Crippen LogP contribution in [0.3, 0.4) is 0 Å². The first-order valence-electron chi connectivity index (χ1n) is 13.0. The van der Waals surface area contributed by atoms with Crippen LogP contribution >= 0.6 is 0 Å². The van der Waals surface area contributed by atoms with Gasteiger partial charge >= 0.3 is 7.12 Å². The molecule has 1 aliphatic rings. The van der Waals surface area contributed by atoms with Crippen LogP contribution in [0.25, 0.3) is 0 Å². The number of piperazine rings is 1. The molecule has 2 N–H and O–H groups in total. The van der Waals surface area contributed by atoms with Crippen LogP contribution in [0, 0.1) is 5.82 Å². The van der Waals surface area contributed by atoms with Gasteiger partial charge in [0.25, 0.3) is 8.32 Å². The Balaban J connectivity index is 1.38. The van der Waals surface area contributed by atoms with Gasteiger partial charge < -0.3 is 14.5 Å². The minimum atomic E-state index is -2.52. The van der Waals surface area contributed by atoms with Gasteiger partial charge in [-0.2, -0.15) is 0 Å². The highest BCUT2D eigenvalue weighted by Crippen LogP contribution is 2.36. The van der Waals surface area contributed by atoms with Gasteiger partial charge in [-0.1, -0.05) is 93.6 Å². The SMILES string of the molecule is CC(C)(C)[Si](OCCN1CCN(Cc2ccc(B(O)O)c(F)c2)CC1)(c1ccccc1)c1ccccc1. The lowest BCUT2D eigenvalue weighted by Crippen LogP contribution is -2.67. The van der Waals surface area contributed by atoms with Gasteiger partial charge in [-0.05, 0) is 27.0 Å². The van der Waals surface area contributed by atoms with Gasteiger partial charge in [-0.25, -0.2) is 4.39 Å². The predicted molar refractivity (Wildman–Crippen MR) is 152 cm³/mol. The molecule has 0 aliphatic carbocycles. The minimum Gasteiger partial charge on any atom is -0.423 e. The maximum absolute atomic E-state index is 14.1. The third-order valence-corrected chi connectivity index (χ3v) is 12.4. The molecule has 1 aliphatic heterocycles. The van der Waals surface area contributed by atoms with Gasteiger partial charge in [-0.15, -0.1) is 0 Å². The fourth-order valence-corrected chi connectivity index (χ4v) is 9.95. The van der Waals surface area contributed by atoms with Gasteiger partial charge in [0.1, 0.15) is 5.82 Å². The summed E-state index contributed by atoms with van der Waals surface area (Å²) >= 11 is 0. The fourth-order valence-electron chi connectivity index (χ4n) is 5.40. The van der Waals surface area contributed by atoms with Crippen molar-refractivity contribution in [1.82, 2.24) is 9.80 Å². The normalized spacial score (nSPS) is 15.6. The van der Waals surface area contributed by atoms with Crippen LogP contribution in [-0.4, -0.2) is 74.6 Å². The number of nitrogens with zero attached hydrogens (tertiary/aromatic N) is 2. The van der Waals surface area contributed by atoms with E-state index in [1.807, 2.05) is 0 Å². The first-order chi connectivity index (χ1) is 17.7. The first-order valence-corrected chi connectivity index (χ1v) is 15.0. The molecule has 1 saturated heterocycles. The van der Waals surface area contributed by atoms with Crippen molar-refractivity contribution in [1.29, 1.82) is 0 Å². The number of benzene rings is 3. The Morgan fingerprint density at radius 3 is 1.86 bits per heavy atom. The molecule has 0 atom stereocenters. The van der Waals surface area contributed by atoms with Crippen LogP contribution in [-0.2, 0) is 11.0 Å². The molecule has 3 aromatic rings. The smallest absolute Gasteiger partial charge is 0.423 e. The second-order valence-electron chi connectivity index (χ2n) is 10.9. The lowest BCUT2D eigenvalue weighted by atomic mass is 9.79. The standard InChI is InChI=1S/C29H38BFN2O3Si/c1-29(2,3)37(25-10-6-4-7-11-25,26-12-8-5-9-13-26)36-21-20-32-16-18-33(19-17-32)23-24-14-15-27(30(34)35)28(31)22-24/h4-15,22,34-35H,16-21,23H2,1-3H3. The first kappa shape index (κ1) is 27.7. The minimum absolute atomic E-state index is 0.0364. The second-order valence-corrected chi connectivity index (χ2v) is 15.2. The molecule has 1 fully saturated rings. The van der Waals surface area contributed by atoms with E-state index >= 15 is 0 Å². The van der Waals surface area contributed by atoms with E-state index in [1.165, 1.54) is 22.5 Å². The van der Waals surface area contributed by atoms with Crippen molar-refractivity contribution < 1.29 is 18.9 Å². The highest BCUT2D eigenvalue weighted by Gasteiger charge is 2.50. The van der Waals surface area contributed by atoms with E-state index in [0.29, 0.717) is 13.2 Å². The van der Waals surface area contributed by atoms with E-state index < -0.39 is 21.3 Å². The highest BCUT2D eigenvalue weighted by molar-refractivity contribution is 6.99. The molecule has 0 radical (unpaired) electrons. The molecule has 1 heterocycles. The van der Waals surface area contributed by atoms with Crippen LogP contribution in [0.15, 0.2) is 78.9 Å². The van der Waals surface area contributed by atoms with E-state index in [4.69, 9.17) is 4.43 Å². The Bertz CT molecular complexity index is 1100. The summed E-state index contributed by atoms with van der Waals surface area (Å²) in [6.45, 7) is 12.7. The maximum atomic E-state index is 14.1. The topological polar surface area (TPSA) is 56.2 Å².